The maximum Gasteiger partial charge on any atom is 0.409 e. The van der Waals surface area contributed by atoms with Crippen molar-refractivity contribution in [2.45, 2.75) is 58.0 Å². The van der Waals surface area contributed by atoms with Gasteiger partial charge >= 0.3 is 6.09 Å². The molecule has 3 aliphatic rings. The first-order valence-corrected chi connectivity index (χ1v) is 9.32. The highest BCUT2D eigenvalue weighted by Crippen LogP contribution is 2.47. The highest BCUT2D eigenvalue weighted by atomic mass is 16.5. The van der Waals surface area contributed by atoms with Crippen LogP contribution >= 0.6 is 0 Å². The van der Waals surface area contributed by atoms with E-state index in [4.69, 9.17) is 4.74 Å². The molecule has 2 heterocycles. The Morgan fingerprint density at radius 1 is 1.21 bits per heavy atom. The number of rotatable bonds is 3. The summed E-state index contributed by atoms with van der Waals surface area (Å²) in [4.78, 5) is 29.8. The summed E-state index contributed by atoms with van der Waals surface area (Å²) in [5.41, 5.74) is 0.338. The number of likely N-dealkylation sites (tertiary alicyclic amines) is 2. The smallest absolute Gasteiger partial charge is 0.409 e. The lowest BCUT2D eigenvalue weighted by molar-refractivity contribution is -0.132. The fourth-order valence-electron chi connectivity index (χ4n) is 5.10. The Labute approximate surface area is 145 Å². The van der Waals surface area contributed by atoms with Crippen LogP contribution in [-0.4, -0.2) is 78.6 Å². The van der Waals surface area contributed by atoms with Gasteiger partial charge in [-0.2, -0.15) is 0 Å². The summed E-state index contributed by atoms with van der Waals surface area (Å²) in [6.07, 6.45) is 5.66. The van der Waals surface area contributed by atoms with Gasteiger partial charge in [0.2, 0.25) is 5.91 Å². The van der Waals surface area contributed by atoms with E-state index in [9.17, 15) is 9.59 Å². The van der Waals surface area contributed by atoms with Crippen LogP contribution < -0.4 is 0 Å². The molecule has 1 atom stereocenters. The van der Waals surface area contributed by atoms with E-state index in [0.717, 1.165) is 45.6 Å². The van der Waals surface area contributed by atoms with Crippen molar-refractivity contribution in [2.75, 3.05) is 39.8 Å². The number of ether oxygens (including phenoxy) is 1. The number of piperidine rings is 1. The lowest BCUT2D eigenvalue weighted by atomic mass is 9.78. The van der Waals surface area contributed by atoms with Gasteiger partial charge in [0.15, 0.2) is 0 Å². The second kappa shape index (κ2) is 6.90. The Morgan fingerprint density at radius 3 is 2.42 bits per heavy atom. The fourth-order valence-corrected chi connectivity index (χ4v) is 5.10. The maximum atomic E-state index is 11.7. The molecule has 0 aromatic rings. The third-order valence-electron chi connectivity index (χ3n) is 6.36. The van der Waals surface area contributed by atoms with E-state index in [1.807, 2.05) is 9.80 Å². The number of carbonyl (C=O) groups is 2. The predicted molar refractivity (Wildman–Crippen MR) is 91.7 cm³/mol. The Morgan fingerprint density at radius 2 is 1.88 bits per heavy atom. The first-order valence-electron chi connectivity index (χ1n) is 9.32. The van der Waals surface area contributed by atoms with Crippen LogP contribution in [0.25, 0.3) is 0 Å². The SMILES string of the molecule is CCN(C(C)=O)C1CCN(C2CCC3(C2)CN(C(=O)OC)C3)CC1. The van der Waals surface area contributed by atoms with E-state index in [1.54, 1.807) is 6.92 Å². The van der Waals surface area contributed by atoms with Gasteiger partial charge < -0.3 is 19.4 Å². The minimum Gasteiger partial charge on any atom is -0.453 e. The summed E-state index contributed by atoms with van der Waals surface area (Å²) in [6, 6.07) is 1.07. The lowest BCUT2D eigenvalue weighted by Crippen LogP contribution is -2.58. The summed E-state index contributed by atoms with van der Waals surface area (Å²) in [7, 11) is 1.45. The van der Waals surface area contributed by atoms with Crippen LogP contribution in [0.5, 0.6) is 0 Å². The third-order valence-corrected chi connectivity index (χ3v) is 6.36. The van der Waals surface area contributed by atoms with Gasteiger partial charge in [-0.25, -0.2) is 4.79 Å². The summed E-state index contributed by atoms with van der Waals surface area (Å²) < 4.78 is 4.81. The van der Waals surface area contributed by atoms with E-state index in [0.29, 0.717) is 17.5 Å². The summed E-state index contributed by atoms with van der Waals surface area (Å²) in [5, 5.41) is 0. The van der Waals surface area contributed by atoms with Gasteiger partial charge in [0.1, 0.15) is 0 Å². The molecule has 0 aromatic carbocycles. The van der Waals surface area contributed by atoms with Crippen LogP contribution in [0.1, 0.15) is 46.0 Å². The minimum atomic E-state index is -0.186. The van der Waals surface area contributed by atoms with Crippen molar-refractivity contribution in [3.8, 4) is 0 Å². The van der Waals surface area contributed by atoms with Crippen molar-refractivity contribution in [3.05, 3.63) is 0 Å². The second-order valence-corrected chi connectivity index (χ2v) is 7.79. The molecule has 1 unspecified atom stereocenters. The number of nitrogens with zero attached hydrogens (tertiary/aromatic N) is 3. The number of amides is 2. The Hall–Kier alpha value is -1.30. The molecule has 2 aliphatic heterocycles. The molecule has 0 N–H and O–H groups in total. The molecule has 0 bridgehead atoms. The van der Waals surface area contributed by atoms with Gasteiger partial charge in [0, 0.05) is 57.1 Å². The van der Waals surface area contributed by atoms with Gasteiger partial charge in [0.25, 0.3) is 0 Å². The molecule has 6 nitrogen and oxygen atoms in total. The van der Waals surface area contributed by atoms with Crippen LogP contribution in [0.4, 0.5) is 4.79 Å². The number of carbonyl (C=O) groups excluding carboxylic acids is 2. The Balaban J connectivity index is 1.47. The van der Waals surface area contributed by atoms with E-state index in [1.165, 1.54) is 26.4 Å². The molecule has 0 radical (unpaired) electrons. The molecule has 0 aromatic heterocycles. The molecular formula is C18H31N3O3. The Kier molecular flexibility index (Phi) is 5.04. The van der Waals surface area contributed by atoms with E-state index >= 15 is 0 Å². The number of hydrogen-bond donors (Lipinski definition) is 0. The van der Waals surface area contributed by atoms with Crippen LogP contribution in [0, 0.1) is 5.41 Å². The van der Waals surface area contributed by atoms with E-state index < -0.39 is 0 Å². The predicted octanol–water partition coefficient (Wildman–Crippen LogP) is 1.94. The maximum absolute atomic E-state index is 11.7. The molecular weight excluding hydrogens is 306 g/mol. The monoisotopic (exact) mass is 337 g/mol. The largest absolute Gasteiger partial charge is 0.453 e. The summed E-state index contributed by atoms with van der Waals surface area (Å²) >= 11 is 0. The molecule has 2 saturated heterocycles. The molecule has 1 saturated carbocycles. The first-order chi connectivity index (χ1) is 11.5. The molecule has 3 rings (SSSR count). The zero-order valence-corrected chi connectivity index (χ0v) is 15.3. The fraction of sp³-hybridized carbons (Fsp3) is 0.889. The van der Waals surface area contributed by atoms with Gasteiger partial charge in [-0.3, -0.25) is 4.79 Å². The highest BCUT2D eigenvalue weighted by Gasteiger charge is 2.51. The van der Waals surface area contributed by atoms with E-state index in [2.05, 4.69) is 11.8 Å². The average Bonchev–Trinajstić information content (AvgIpc) is 2.99. The van der Waals surface area contributed by atoms with Gasteiger partial charge in [0.05, 0.1) is 7.11 Å². The molecule has 1 aliphatic carbocycles. The van der Waals surface area contributed by atoms with Gasteiger partial charge in [-0.1, -0.05) is 0 Å². The quantitative estimate of drug-likeness (QED) is 0.790. The second-order valence-electron chi connectivity index (χ2n) is 7.79. The lowest BCUT2D eigenvalue weighted by Gasteiger charge is -2.48. The first kappa shape index (κ1) is 17.5. The minimum absolute atomic E-state index is 0.186. The van der Waals surface area contributed by atoms with Gasteiger partial charge in [-0.05, 0) is 39.0 Å². The average molecular weight is 337 g/mol. The van der Waals surface area contributed by atoms with Crippen molar-refractivity contribution < 1.29 is 14.3 Å². The standard InChI is InChI=1S/C18H31N3O3/c1-4-21(14(2)22)15-6-9-19(10-7-15)16-5-8-18(11-16)12-20(13-18)17(23)24-3/h15-16H,4-13H2,1-3H3. The topological polar surface area (TPSA) is 53.1 Å². The number of methoxy groups -OCH3 is 1. The number of hydrogen-bond acceptors (Lipinski definition) is 4. The van der Waals surface area contributed by atoms with E-state index in [-0.39, 0.29) is 12.0 Å². The summed E-state index contributed by atoms with van der Waals surface area (Å²) in [6.45, 7) is 8.47. The normalized spacial score (nSPS) is 27.1. The van der Waals surface area contributed by atoms with Crippen LogP contribution in [0.3, 0.4) is 0 Å². The van der Waals surface area contributed by atoms with Crippen molar-refractivity contribution in [1.82, 2.24) is 14.7 Å². The Bertz CT molecular complexity index is 482. The molecule has 1 spiro atoms. The van der Waals surface area contributed by atoms with Crippen molar-refractivity contribution in [3.63, 3.8) is 0 Å². The van der Waals surface area contributed by atoms with Crippen LogP contribution in [-0.2, 0) is 9.53 Å². The van der Waals surface area contributed by atoms with Crippen LogP contribution in [0.2, 0.25) is 0 Å². The highest BCUT2D eigenvalue weighted by molar-refractivity contribution is 5.73. The van der Waals surface area contributed by atoms with Crippen molar-refractivity contribution in [1.29, 1.82) is 0 Å². The van der Waals surface area contributed by atoms with Gasteiger partial charge in [-0.15, -0.1) is 0 Å². The van der Waals surface area contributed by atoms with Crippen molar-refractivity contribution >= 4 is 12.0 Å². The van der Waals surface area contributed by atoms with Crippen molar-refractivity contribution in [2.24, 2.45) is 5.41 Å². The summed E-state index contributed by atoms with van der Waals surface area (Å²) in [5.74, 6) is 0.202. The molecule has 136 valence electrons. The van der Waals surface area contributed by atoms with Crippen LogP contribution in [0.15, 0.2) is 0 Å². The zero-order chi connectivity index (χ0) is 17.3. The zero-order valence-electron chi connectivity index (χ0n) is 15.3. The molecule has 24 heavy (non-hydrogen) atoms. The third kappa shape index (κ3) is 3.25. The molecule has 3 fully saturated rings. The molecule has 2 amide bonds. The molecule has 6 heteroatoms.